The second-order valence-electron chi connectivity index (χ2n) is 6.68. The van der Waals surface area contributed by atoms with E-state index in [1.165, 1.54) is 18.2 Å². The smallest absolute Gasteiger partial charge is 0.258 e. The van der Waals surface area contributed by atoms with Crippen LogP contribution < -0.4 is 16.0 Å². The number of nitrogens with zero attached hydrogens (tertiary/aromatic N) is 1. The second kappa shape index (κ2) is 10.0. The quantitative estimate of drug-likeness (QED) is 0.436. The molecular weight excluding hydrogens is 435 g/mol. The molecule has 0 aromatic heterocycles. The van der Waals surface area contributed by atoms with Crippen molar-refractivity contribution in [3.05, 3.63) is 94.3 Å². The number of halogens is 2. The van der Waals surface area contributed by atoms with E-state index >= 15 is 0 Å². The Morgan fingerprint density at radius 2 is 1.81 bits per heavy atom. The fourth-order valence-electron chi connectivity index (χ4n) is 2.86. The van der Waals surface area contributed by atoms with Crippen LogP contribution >= 0.6 is 23.8 Å². The Labute approximate surface area is 189 Å². The molecule has 0 aliphatic rings. The lowest BCUT2D eigenvalue weighted by molar-refractivity contribution is 0.102. The zero-order valence-electron chi connectivity index (χ0n) is 16.4. The zero-order chi connectivity index (χ0) is 22.4. The van der Waals surface area contributed by atoms with Crippen LogP contribution in [-0.2, 0) is 0 Å². The summed E-state index contributed by atoms with van der Waals surface area (Å²) in [4.78, 5) is 12.3. The van der Waals surface area contributed by atoms with Gasteiger partial charge in [-0.25, -0.2) is 4.39 Å². The molecule has 1 amide bonds. The van der Waals surface area contributed by atoms with Gasteiger partial charge in [0, 0.05) is 10.7 Å². The molecule has 0 aliphatic heterocycles. The van der Waals surface area contributed by atoms with Gasteiger partial charge in [0.2, 0.25) is 0 Å². The van der Waals surface area contributed by atoms with E-state index in [4.69, 9.17) is 23.8 Å². The van der Waals surface area contributed by atoms with Crippen molar-refractivity contribution in [2.75, 3.05) is 10.6 Å². The van der Waals surface area contributed by atoms with Crippen LogP contribution in [0.15, 0.2) is 66.7 Å². The highest BCUT2D eigenvalue weighted by atomic mass is 35.5. The predicted molar refractivity (Wildman–Crippen MR) is 125 cm³/mol. The number of nitriles is 1. The molecule has 0 spiro atoms. The predicted octanol–water partition coefficient (Wildman–Crippen LogP) is 5.65. The normalized spacial score (nSPS) is 11.2. The maximum absolute atomic E-state index is 13.8. The van der Waals surface area contributed by atoms with Gasteiger partial charge in [-0.1, -0.05) is 35.9 Å². The van der Waals surface area contributed by atoms with Crippen molar-refractivity contribution in [2.45, 2.75) is 13.0 Å². The van der Waals surface area contributed by atoms with Gasteiger partial charge in [-0.05, 0) is 67.2 Å². The molecule has 3 N–H and O–H groups in total. The van der Waals surface area contributed by atoms with Crippen LogP contribution in [0.1, 0.15) is 34.5 Å². The highest BCUT2D eigenvalue weighted by molar-refractivity contribution is 7.80. The number of rotatable bonds is 5. The molecule has 8 heteroatoms. The fraction of sp³-hybridized carbons (Fsp3) is 0.0870. The van der Waals surface area contributed by atoms with E-state index in [9.17, 15) is 14.4 Å². The summed E-state index contributed by atoms with van der Waals surface area (Å²) in [5.74, 6) is -1.27. The Bertz CT molecular complexity index is 1160. The van der Waals surface area contributed by atoms with Crippen LogP contribution in [0.25, 0.3) is 0 Å². The number of thiocarbonyl (C=S) groups is 1. The van der Waals surface area contributed by atoms with Crippen molar-refractivity contribution in [2.24, 2.45) is 0 Å². The van der Waals surface area contributed by atoms with Gasteiger partial charge in [-0.2, -0.15) is 5.26 Å². The Balaban J connectivity index is 1.67. The minimum absolute atomic E-state index is 0.0629. The van der Waals surface area contributed by atoms with Crippen molar-refractivity contribution in [1.82, 2.24) is 5.32 Å². The number of nitrogens with one attached hydrogen (secondary N) is 3. The highest BCUT2D eigenvalue weighted by Crippen LogP contribution is 2.22. The Hall–Kier alpha value is -3.47. The number of amides is 1. The van der Waals surface area contributed by atoms with Crippen LogP contribution in [0, 0.1) is 17.1 Å². The van der Waals surface area contributed by atoms with Gasteiger partial charge in [0.15, 0.2) is 5.11 Å². The lowest BCUT2D eigenvalue weighted by atomic mass is 10.1. The van der Waals surface area contributed by atoms with Gasteiger partial charge in [0.1, 0.15) is 11.9 Å². The van der Waals surface area contributed by atoms with E-state index in [1.807, 2.05) is 25.1 Å². The first-order valence-electron chi connectivity index (χ1n) is 9.30. The first-order valence-corrected chi connectivity index (χ1v) is 10.1. The van der Waals surface area contributed by atoms with Gasteiger partial charge in [-0.3, -0.25) is 4.79 Å². The molecule has 0 heterocycles. The minimum atomic E-state index is -0.636. The first kappa shape index (κ1) is 22.2. The molecule has 156 valence electrons. The monoisotopic (exact) mass is 452 g/mol. The Morgan fingerprint density at radius 3 is 2.48 bits per heavy atom. The summed E-state index contributed by atoms with van der Waals surface area (Å²) in [5, 5.41) is 19.2. The summed E-state index contributed by atoms with van der Waals surface area (Å²) < 4.78 is 13.8. The third kappa shape index (κ3) is 5.79. The number of benzene rings is 3. The molecule has 0 saturated heterocycles. The molecule has 0 fully saturated rings. The lowest BCUT2D eigenvalue weighted by Crippen LogP contribution is -2.30. The van der Waals surface area contributed by atoms with Crippen molar-refractivity contribution < 1.29 is 9.18 Å². The van der Waals surface area contributed by atoms with Crippen LogP contribution in [0.3, 0.4) is 0 Å². The fourth-order valence-corrected chi connectivity index (χ4v) is 3.28. The third-order valence-electron chi connectivity index (χ3n) is 4.48. The average Bonchev–Trinajstić information content (AvgIpc) is 2.75. The van der Waals surface area contributed by atoms with E-state index in [0.717, 1.165) is 5.56 Å². The highest BCUT2D eigenvalue weighted by Gasteiger charge is 2.14. The summed E-state index contributed by atoms with van der Waals surface area (Å²) >= 11 is 11.3. The Morgan fingerprint density at radius 1 is 1.10 bits per heavy atom. The summed E-state index contributed by atoms with van der Waals surface area (Å²) in [6, 6.07) is 19.8. The number of hydrogen-bond acceptors (Lipinski definition) is 3. The molecule has 0 bridgehead atoms. The van der Waals surface area contributed by atoms with E-state index in [-0.39, 0.29) is 22.9 Å². The third-order valence-corrected chi connectivity index (χ3v) is 4.95. The zero-order valence-corrected chi connectivity index (χ0v) is 18.0. The van der Waals surface area contributed by atoms with Crippen LogP contribution in [0.2, 0.25) is 5.02 Å². The Kier molecular flexibility index (Phi) is 7.19. The van der Waals surface area contributed by atoms with Crippen molar-refractivity contribution >= 4 is 46.2 Å². The summed E-state index contributed by atoms with van der Waals surface area (Å²) in [5.41, 5.74) is 1.96. The van der Waals surface area contributed by atoms with Gasteiger partial charge >= 0.3 is 0 Å². The summed E-state index contributed by atoms with van der Waals surface area (Å²) in [6.45, 7) is 1.96. The SMILES string of the molecule is C[C@H](NC(=S)Nc1ccc(NC(=O)c2ccccc2F)c(C#N)c1)c1ccc(Cl)cc1. The lowest BCUT2D eigenvalue weighted by Gasteiger charge is -2.18. The standard InChI is InChI=1S/C23H18ClFN4OS/c1-14(15-6-8-17(24)9-7-15)27-23(31)28-18-10-11-21(16(12-18)13-26)29-22(30)19-4-2-3-5-20(19)25/h2-12,14H,1H3,(H,29,30)(H2,27,28,31)/t14-/m0/s1. The first-order chi connectivity index (χ1) is 14.9. The molecule has 0 unspecified atom stereocenters. The van der Waals surface area contributed by atoms with Crippen LogP contribution in [0.5, 0.6) is 0 Å². The summed E-state index contributed by atoms with van der Waals surface area (Å²) in [6.07, 6.45) is 0. The second-order valence-corrected chi connectivity index (χ2v) is 7.52. The molecule has 1 atom stereocenters. The largest absolute Gasteiger partial charge is 0.356 e. The van der Waals surface area contributed by atoms with Crippen LogP contribution in [0.4, 0.5) is 15.8 Å². The number of carbonyl (C=O) groups is 1. The molecule has 31 heavy (non-hydrogen) atoms. The molecule has 0 aliphatic carbocycles. The molecule has 5 nitrogen and oxygen atoms in total. The van der Waals surface area contributed by atoms with E-state index in [2.05, 4.69) is 16.0 Å². The maximum Gasteiger partial charge on any atom is 0.258 e. The summed E-state index contributed by atoms with van der Waals surface area (Å²) in [7, 11) is 0. The average molecular weight is 453 g/mol. The van der Waals surface area contributed by atoms with Gasteiger partial charge in [0.25, 0.3) is 5.91 Å². The number of anilines is 2. The van der Waals surface area contributed by atoms with E-state index in [0.29, 0.717) is 15.8 Å². The molecule has 3 aromatic rings. The molecule has 0 saturated carbocycles. The van der Waals surface area contributed by atoms with Crippen LogP contribution in [-0.4, -0.2) is 11.0 Å². The van der Waals surface area contributed by atoms with Gasteiger partial charge in [-0.15, -0.1) is 0 Å². The maximum atomic E-state index is 13.8. The molecule has 0 radical (unpaired) electrons. The van der Waals surface area contributed by atoms with Crippen molar-refractivity contribution in [3.8, 4) is 6.07 Å². The van der Waals surface area contributed by atoms with E-state index in [1.54, 1.807) is 36.4 Å². The molecule has 3 rings (SSSR count). The van der Waals surface area contributed by atoms with E-state index < -0.39 is 11.7 Å². The number of carbonyl (C=O) groups excluding carboxylic acids is 1. The number of hydrogen-bond donors (Lipinski definition) is 3. The topological polar surface area (TPSA) is 76.9 Å². The van der Waals surface area contributed by atoms with Crippen molar-refractivity contribution in [3.63, 3.8) is 0 Å². The van der Waals surface area contributed by atoms with Gasteiger partial charge < -0.3 is 16.0 Å². The molecular formula is C23H18ClFN4OS. The van der Waals surface area contributed by atoms with Crippen molar-refractivity contribution in [1.29, 1.82) is 5.26 Å². The molecule has 3 aromatic carbocycles. The van der Waals surface area contributed by atoms with Gasteiger partial charge in [0.05, 0.1) is 22.9 Å². The minimum Gasteiger partial charge on any atom is -0.356 e.